The van der Waals surface area contributed by atoms with Gasteiger partial charge < -0.3 is 9.80 Å². The highest BCUT2D eigenvalue weighted by atomic mass is 16.2. The molecule has 1 heterocycles. The lowest BCUT2D eigenvalue weighted by Crippen LogP contribution is -2.30. The molecule has 1 aliphatic rings. The summed E-state index contributed by atoms with van der Waals surface area (Å²) < 4.78 is 0. The van der Waals surface area contributed by atoms with Crippen LogP contribution in [0, 0.1) is 5.92 Å². The van der Waals surface area contributed by atoms with Gasteiger partial charge in [0.25, 0.3) is 5.91 Å². The summed E-state index contributed by atoms with van der Waals surface area (Å²) >= 11 is 0. The molecule has 5 nitrogen and oxygen atoms in total. The van der Waals surface area contributed by atoms with Crippen molar-refractivity contribution in [3.63, 3.8) is 0 Å². The second-order valence-electron chi connectivity index (χ2n) is 6.89. The lowest BCUT2D eigenvalue weighted by atomic mass is 10.1. The summed E-state index contributed by atoms with van der Waals surface area (Å²) in [5.74, 6) is 1.31. The molecule has 0 atom stereocenters. The summed E-state index contributed by atoms with van der Waals surface area (Å²) in [6.45, 7) is 4.04. The summed E-state index contributed by atoms with van der Waals surface area (Å²) in [4.78, 5) is 25.7. The quantitative estimate of drug-likeness (QED) is 0.775. The second kappa shape index (κ2) is 7.64. The average Bonchev–Trinajstić information content (AvgIpc) is 3.45. The Kier molecular flexibility index (Phi) is 5.31. The van der Waals surface area contributed by atoms with Crippen molar-refractivity contribution in [1.82, 2.24) is 14.9 Å². The third-order valence-corrected chi connectivity index (χ3v) is 4.36. The Balaban J connectivity index is 2.03. The normalized spacial score (nSPS) is 13.6. The van der Waals surface area contributed by atoms with Crippen LogP contribution in [0.15, 0.2) is 36.4 Å². The summed E-state index contributed by atoms with van der Waals surface area (Å²) in [6, 6.07) is 11.8. The summed E-state index contributed by atoms with van der Waals surface area (Å²) in [6.07, 6.45) is 3.59. The molecule has 25 heavy (non-hydrogen) atoms. The molecule has 0 N–H and O–H groups in total. The number of carbonyl (C=O) groups excluding carboxylic acids is 1. The second-order valence-corrected chi connectivity index (χ2v) is 6.89. The zero-order valence-corrected chi connectivity index (χ0v) is 15.3. The maximum atomic E-state index is 12.5. The van der Waals surface area contributed by atoms with Gasteiger partial charge in [0.2, 0.25) is 5.95 Å². The molecule has 3 rings (SSSR count). The fourth-order valence-electron chi connectivity index (χ4n) is 2.83. The minimum atomic E-state index is -0.0938. The molecular formula is C20H26N4O. The molecule has 1 aromatic heterocycles. The van der Waals surface area contributed by atoms with E-state index in [2.05, 4.69) is 16.8 Å². The number of anilines is 1. The zero-order chi connectivity index (χ0) is 17.8. The van der Waals surface area contributed by atoms with Crippen LogP contribution in [0.4, 0.5) is 5.95 Å². The van der Waals surface area contributed by atoms with Crippen LogP contribution in [-0.4, -0.2) is 48.0 Å². The molecule has 0 radical (unpaired) electrons. The van der Waals surface area contributed by atoms with Gasteiger partial charge in [0.05, 0.1) is 5.69 Å². The van der Waals surface area contributed by atoms with Gasteiger partial charge in [-0.1, -0.05) is 37.3 Å². The van der Waals surface area contributed by atoms with E-state index in [1.807, 2.05) is 30.3 Å². The van der Waals surface area contributed by atoms with E-state index in [1.54, 1.807) is 25.1 Å². The molecule has 1 saturated carbocycles. The van der Waals surface area contributed by atoms with Crippen molar-refractivity contribution < 1.29 is 4.79 Å². The maximum absolute atomic E-state index is 12.5. The highest BCUT2D eigenvalue weighted by Gasteiger charge is 2.26. The first-order chi connectivity index (χ1) is 12.1. The molecule has 2 aromatic rings. The van der Waals surface area contributed by atoms with Gasteiger partial charge in [-0.25, -0.2) is 9.97 Å². The molecular weight excluding hydrogens is 312 g/mol. The number of hydrogen-bond donors (Lipinski definition) is 0. The summed E-state index contributed by atoms with van der Waals surface area (Å²) in [5.41, 5.74) is 2.25. The Bertz CT molecular complexity index is 726. The highest BCUT2D eigenvalue weighted by molar-refractivity contribution is 5.93. The van der Waals surface area contributed by atoms with E-state index in [0.29, 0.717) is 11.6 Å². The lowest BCUT2D eigenvalue weighted by Gasteiger charge is -2.23. The third kappa shape index (κ3) is 4.35. The van der Waals surface area contributed by atoms with E-state index in [0.717, 1.165) is 36.7 Å². The van der Waals surface area contributed by atoms with Crippen LogP contribution in [0.1, 0.15) is 36.7 Å². The number of amides is 1. The molecule has 0 aliphatic heterocycles. The van der Waals surface area contributed by atoms with E-state index in [4.69, 9.17) is 4.98 Å². The predicted molar refractivity (Wildman–Crippen MR) is 101 cm³/mol. The monoisotopic (exact) mass is 338 g/mol. The Morgan fingerprint density at radius 3 is 2.48 bits per heavy atom. The number of benzene rings is 1. The van der Waals surface area contributed by atoms with E-state index in [1.165, 1.54) is 12.8 Å². The van der Waals surface area contributed by atoms with E-state index >= 15 is 0 Å². The molecule has 0 spiro atoms. The maximum Gasteiger partial charge on any atom is 0.272 e. The Hall–Kier alpha value is -2.43. The smallest absolute Gasteiger partial charge is 0.272 e. The van der Waals surface area contributed by atoms with Crippen molar-refractivity contribution in [3.05, 3.63) is 42.1 Å². The van der Waals surface area contributed by atoms with Crippen molar-refractivity contribution in [1.29, 1.82) is 0 Å². The Morgan fingerprint density at radius 1 is 1.16 bits per heavy atom. The first-order valence-electron chi connectivity index (χ1n) is 8.99. The topological polar surface area (TPSA) is 49.3 Å². The van der Waals surface area contributed by atoms with Crippen LogP contribution in [0.2, 0.25) is 0 Å². The van der Waals surface area contributed by atoms with Gasteiger partial charge >= 0.3 is 0 Å². The minimum absolute atomic E-state index is 0.0938. The van der Waals surface area contributed by atoms with E-state index in [9.17, 15) is 4.79 Å². The van der Waals surface area contributed by atoms with Crippen LogP contribution >= 0.6 is 0 Å². The minimum Gasteiger partial charge on any atom is -0.343 e. The predicted octanol–water partition coefficient (Wildman–Crippen LogP) is 3.47. The fourth-order valence-corrected chi connectivity index (χ4v) is 2.83. The molecule has 5 heteroatoms. The number of carbonyl (C=O) groups is 1. The SMILES string of the molecule is CCCN(CC1CC1)c1nc(C(=O)N(C)C)cc(-c2ccccc2)n1. The van der Waals surface area contributed by atoms with Crippen LogP contribution in [0.5, 0.6) is 0 Å². The number of nitrogens with zero attached hydrogens (tertiary/aromatic N) is 4. The van der Waals surface area contributed by atoms with Gasteiger partial charge in [0.1, 0.15) is 5.69 Å². The number of aromatic nitrogens is 2. The van der Waals surface area contributed by atoms with Gasteiger partial charge in [0, 0.05) is 32.7 Å². The van der Waals surface area contributed by atoms with Crippen molar-refractivity contribution in [2.75, 3.05) is 32.1 Å². The molecule has 0 saturated heterocycles. The molecule has 1 aliphatic carbocycles. The van der Waals surface area contributed by atoms with E-state index in [-0.39, 0.29) is 5.91 Å². The van der Waals surface area contributed by atoms with Crippen molar-refractivity contribution in [3.8, 4) is 11.3 Å². The average molecular weight is 338 g/mol. The fraction of sp³-hybridized carbons (Fsp3) is 0.450. The molecule has 1 fully saturated rings. The first-order valence-corrected chi connectivity index (χ1v) is 8.99. The summed E-state index contributed by atoms with van der Waals surface area (Å²) in [5, 5.41) is 0. The van der Waals surface area contributed by atoms with Crippen LogP contribution in [0.25, 0.3) is 11.3 Å². The molecule has 1 amide bonds. The van der Waals surface area contributed by atoms with Crippen LogP contribution in [-0.2, 0) is 0 Å². The van der Waals surface area contributed by atoms with Gasteiger partial charge in [-0.3, -0.25) is 4.79 Å². The van der Waals surface area contributed by atoms with Crippen molar-refractivity contribution in [2.45, 2.75) is 26.2 Å². The first kappa shape index (κ1) is 17.4. The third-order valence-electron chi connectivity index (χ3n) is 4.36. The van der Waals surface area contributed by atoms with Crippen molar-refractivity contribution in [2.24, 2.45) is 5.92 Å². The lowest BCUT2D eigenvalue weighted by molar-refractivity contribution is 0.0822. The van der Waals surface area contributed by atoms with Crippen molar-refractivity contribution >= 4 is 11.9 Å². The van der Waals surface area contributed by atoms with Crippen LogP contribution < -0.4 is 4.90 Å². The molecule has 0 bridgehead atoms. The Morgan fingerprint density at radius 2 is 1.88 bits per heavy atom. The number of hydrogen-bond acceptors (Lipinski definition) is 4. The van der Waals surface area contributed by atoms with Gasteiger partial charge in [-0.2, -0.15) is 0 Å². The zero-order valence-electron chi connectivity index (χ0n) is 15.3. The number of rotatable bonds is 7. The van der Waals surface area contributed by atoms with Gasteiger partial charge in [-0.15, -0.1) is 0 Å². The van der Waals surface area contributed by atoms with Crippen LogP contribution in [0.3, 0.4) is 0 Å². The van der Waals surface area contributed by atoms with Gasteiger partial charge in [-0.05, 0) is 31.2 Å². The standard InChI is InChI=1S/C20H26N4O/c1-4-12-24(14-15-10-11-15)20-21-17(16-8-6-5-7-9-16)13-18(22-20)19(25)23(2)3/h5-9,13,15H,4,10-12,14H2,1-3H3. The molecule has 132 valence electrons. The molecule has 1 aromatic carbocycles. The van der Waals surface area contributed by atoms with E-state index < -0.39 is 0 Å². The summed E-state index contributed by atoms with van der Waals surface area (Å²) in [7, 11) is 3.50. The Labute approximate surface area is 149 Å². The highest BCUT2D eigenvalue weighted by Crippen LogP contribution is 2.31. The molecule has 0 unspecified atom stereocenters. The van der Waals surface area contributed by atoms with Gasteiger partial charge in [0.15, 0.2) is 0 Å². The largest absolute Gasteiger partial charge is 0.343 e.